The summed E-state index contributed by atoms with van der Waals surface area (Å²) in [5.41, 5.74) is 3.12. The number of rotatable bonds is 10. The maximum absolute atomic E-state index is 13.8. The molecule has 2 heterocycles. The van der Waals surface area contributed by atoms with Crippen molar-refractivity contribution in [3.05, 3.63) is 78.3 Å². The fraction of sp³-hybridized carbons (Fsp3) is 0.280. The highest BCUT2D eigenvalue weighted by Gasteiger charge is 2.35. The van der Waals surface area contributed by atoms with E-state index in [1.54, 1.807) is 19.2 Å². The Morgan fingerprint density at radius 2 is 1.91 bits per heavy atom. The van der Waals surface area contributed by atoms with Crippen molar-refractivity contribution in [2.75, 3.05) is 25.2 Å². The van der Waals surface area contributed by atoms with E-state index < -0.39 is 6.04 Å². The lowest BCUT2D eigenvalue weighted by Crippen LogP contribution is -2.45. The molecule has 4 aromatic rings. The lowest BCUT2D eigenvalue weighted by molar-refractivity contribution is -0.127. The summed E-state index contributed by atoms with van der Waals surface area (Å²) in [4.78, 5) is 28.5. The molecule has 9 nitrogen and oxygen atoms in total. The van der Waals surface area contributed by atoms with Gasteiger partial charge in [-0.05, 0) is 48.4 Å². The van der Waals surface area contributed by atoms with E-state index in [0.717, 1.165) is 17.5 Å². The van der Waals surface area contributed by atoms with Crippen LogP contribution < -0.4 is 10.2 Å². The number of anilines is 1. The number of aryl methyl sites for hydroxylation is 1. The van der Waals surface area contributed by atoms with Crippen molar-refractivity contribution >= 4 is 28.5 Å². The van der Waals surface area contributed by atoms with Crippen LogP contribution in [0.5, 0.6) is 0 Å². The monoisotopic (exact) mass is 461 g/mol. The molecule has 0 fully saturated rings. The van der Waals surface area contributed by atoms with E-state index in [9.17, 15) is 9.59 Å². The average Bonchev–Trinajstić information content (AvgIpc) is 3.53. The van der Waals surface area contributed by atoms with E-state index in [-0.39, 0.29) is 18.4 Å². The summed E-state index contributed by atoms with van der Waals surface area (Å²) in [6.07, 6.45) is 2.34. The van der Waals surface area contributed by atoms with E-state index >= 15 is 0 Å². The molecular formula is C25H27N5O4. The summed E-state index contributed by atoms with van der Waals surface area (Å²) in [6.45, 7) is 2.61. The number of benzene rings is 2. The fourth-order valence-electron chi connectivity index (χ4n) is 3.76. The van der Waals surface area contributed by atoms with Gasteiger partial charge in [-0.25, -0.2) is 4.68 Å². The van der Waals surface area contributed by atoms with Crippen LogP contribution in [0, 0.1) is 0 Å². The Morgan fingerprint density at radius 3 is 2.62 bits per heavy atom. The number of carbonyl (C=O) groups is 2. The Hall–Kier alpha value is -3.98. The third-order valence-corrected chi connectivity index (χ3v) is 5.52. The molecule has 4 rings (SSSR count). The zero-order valence-corrected chi connectivity index (χ0v) is 19.2. The third-order valence-electron chi connectivity index (χ3n) is 5.52. The second-order valence-corrected chi connectivity index (χ2v) is 7.72. The lowest BCUT2D eigenvalue weighted by atomic mass is 10.1. The van der Waals surface area contributed by atoms with Crippen LogP contribution >= 0.6 is 0 Å². The maximum Gasteiger partial charge on any atom is 0.251 e. The van der Waals surface area contributed by atoms with Gasteiger partial charge in [0.05, 0.1) is 18.4 Å². The third kappa shape index (κ3) is 4.99. The zero-order chi connectivity index (χ0) is 23.9. The van der Waals surface area contributed by atoms with Gasteiger partial charge >= 0.3 is 0 Å². The number of nitrogens with one attached hydrogen (secondary N) is 1. The summed E-state index contributed by atoms with van der Waals surface area (Å²) in [5.74, 6) is -0.349. The van der Waals surface area contributed by atoms with E-state index in [2.05, 4.69) is 22.6 Å². The standard InChI is InChI=1S/C25H27N5O4/c1-3-18-10-12-19(13-11-18)30(23(31)17-29-21-8-5-4-7-20(21)27-28-29)24(22-9-6-15-34-22)25(32)26-14-16-33-2/h4-13,15,24H,3,14,16-17H2,1-2H3,(H,26,32)/t24-/m0/s1. The minimum atomic E-state index is -1.01. The van der Waals surface area contributed by atoms with E-state index in [4.69, 9.17) is 9.15 Å². The molecule has 9 heteroatoms. The number of para-hydroxylation sites is 1. The van der Waals surface area contributed by atoms with Crippen molar-refractivity contribution in [2.24, 2.45) is 0 Å². The van der Waals surface area contributed by atoms with Gasteiger partial charge in [-0.1, -0.05) is 36.4 Å². The van der Waals surface area contributed by atoms with Gasteiger partial charge in [-0.2, -0.15) is 0 Å². The van der Waals surface area contributed by atoms with Crippen molar-refractivity contribution in [1.29, 1.82) is 0 Å². The number of ether oxygens (including phenoxy) is 1. The number of hydrogen-bond acceptors (Lipinski definition) is 6. The predicted molar refractivity (Wildman–Crippen MR) is 127 cm³/mol. The Morgan fingerprint density at radius 1 is 1.12 bits per heavy atom. The summed E-state index contributed by atoms with van der Waals surface area (Å²) >= 11 is 0. The van der Waals surface area contributed by atoms with Crippen LogP contribution in [-0.2, 0) is 27.3 Å². The first kappa shape index (κ1) is 23.2. The molecule has 0 saturated carbocycles. The number of carbonyl (C=O) groups excluding carboxylic acids is 2. The van der Waals surface area contributed by atoms with Crippen LogP contribution in [0.4, 0.5) is 5.69 Å². The molecule has 0 spiro atoms. The van der Waals surface area contributed by atoms with Crippen LogP contribution in [0.15, 0.2) is 71.3 Å². The minimum Gasteiger partial charge on any atom is -0.467 e. The minimum absolute atomic E-state index is 0.0986. The molecule has 2 aromatic carbocycles. The smallest absolute Gasteiger partial charge is 0.251 e. The zero-order valence-electron chi connectivity index (χ0n) is 19.2. The topological polar surface area (TPSA) is 102 Å². The number of fused-ring (bicyclic) bond motifs is 1. The first-order valence-electron chi connectivity index (χ1n) is 11.1. The summed E-state index contributed by atoms with van der Waals surface area (Å²) in [5, 5.41) is 11.1. The van der Waals surface area contributed by atoms with Crippen LogP contribution in [0.2, 0.25) is 0 Å². The van der Waals surface area contributed by atoms with Crippen molar-refractivity contribution in [3.8, 4) is 0 Å². The average molecular weight is 462 g/mol. The molecule has 0 aliphatic rings. The van der Waals surface area contributed by atoms with E-state index in [1.165, 1.54) is 15.8 Å². The molecule has 0 radical (unpaired) electrons. The van der Waals surface area contributed by atoms with Gasteiger partial charge in [0, 0.05) is 19.3 Å². The molecule has 176 valence electrons. The Balaban J connectivity index is 1.73. The normalized spacial score (nSPS) is 11.9. The number of methoxy groups -OCH3 is 1. The highest BCUT2D eigenvalue weighted by molar-refractivity contribution is 6.01. The van der Waals surface area contributed by atoms with Crippen molar-refractivity contribution in [3.63, 3.8) is 0 Å². The number of nitrogens with zero attached hydrogens (tertiary/aromatic N) is 4. The maximum atomic E-state index is 13.8. The largest absolute Gasteiger partial charge is 0.467 e. The van der Waals surface area contributed by atoms with Gasteiger partial charge < -0.3 is 14.5 Å². The number of aromatic nitrogens is 3. The van der Waals surface area contributed by atoms with Crippen molar-refractivity contribution in [1.82, 2.24) is 20.3 Å². The van der Waals surface area contributed by atoms with Crippen LogP contribution in [0.1, 0.15) is 24.3 Å². The highest BCUT2D eigenvalue weighted by Crippen LogP contribution is 2.29. The van der Waals surface area contributed by atoms with E-state index in [1.807, 2.05) is 48.5 Å². The second kappa shape index (κ2) is 10.8. The fourth-order valence-corrected chi connectivity index (χ4v) is 3.76. The predicted octanol–water partition coefficient (Wildman–Crippen LogP) is 3.12. The molecule has 1 atom stereocenters. The number of amides is 2. The van der Waals surface area contributed by atoms with Crippen LogP contribution in [0.25, 0.3) is 11.0 Å². The summed E-state index contributed by atoms with van der Waals surface area (Å²) in [7, 11) is 1.56. The summed E-state index contributed by atoms with van der Waals surface area (Å²) in [6, 6.07) is 17.4. The van der Waals surface area contributed by atoms with Crippen molar-refractivity contribution < 1.29 is 18.7 Å². The number of hydrogen-bond donors (Lipinski definition) is 1. The lowest BCUT2D eigenvalue weighted by Gasteiger charge is -2.30. The van der Waals surface area contributed by atoms with Gasteiger partial charge in [0.2, 0.25) is 5.91 Å². The first-order valence-corrected chi connectivity index (χ1v) is 11.1. The van der Waals surface area contributed by atoms with Gasteiger partial charge in [0.25, 0.3) is 5.91 Å². The Labute approximate surface area is 197 Å². The quantitative estimate of drug-likeness (QED) is 0.364. The van der Waals surface area contributed by atoms with Gasteiger partial charge in [0.15, 0.2) is 6.04 Å². The van der Waals surface area contributed by atoms with E-state index in [0.29, 0.717) is 30.1 Å². The molecule has 2 aromatic heterocycles. The molecule has 1 N–H and O–H groups in total. The second-order valence-electron chi connectivity index (χ2n) is 7.72. The summed E-state index contributed by atoms with van der Waals surface area (Å²) < 4.78 is 12.2. The molecule has 0 saturated heterocycles. The SMILES string of the molecule is CCc1ccc(N(C(=O)Cn2nnc3ccccc32)[C@H](C(=O)NCCOC)c2ccco2)cc1. The molecular weight excluding hydrogens is 434 g/mol. The van der Waals surface area contributed by atoms with Crippen LogP contribution in [-0.4, -0.2) is 47.1 Å². The Bertz CT molecular complexity index is 1230. The molecule has 0 unspecified atom stereocenters. The van der Waals surface area contributed by atoms with Gasteiger partial charge in [-0.15, -0.1) is 5.10 Å². The van der Waals surface area contributed by atoms with Crippen molar-refractivity contribution in [2.45, 2.75) is 25.9 Å². The molecule has 0 aliphatic heterocycles. The first-order chi connectivity index (χ1) is 16.6. The molecule has 0 bridgehead atoms. The van der Waals surface area contributed by atoms with Gasteiger partial charge in [-0.3, -0.25) is 14.5 Å². The Kier molecular flexibility index (Phi) is 7.34. The highest BCUT2D eigenvalue weighted by atomic mass is 16.5. The molecule has 0 aliphatic carbocycles. The number of furan rings is 1. The van der Waals surface area contributed by atoms with Gasteiger partial charge in [0.1, 0.15) is 17.8 Å². The molecule has 34 heavy (non-hydrogen) atoms. The molecule has 2 amide bonds. The van der Waals surface area contributed by atoms with Crippen LogP contribution in [0.3, 0.4) is 0 Å².